The van der Waals surface area contributed by atoms with Crippen LogP contribution in [0.25, 0.3) is 0 Å². The molecule has 0 fully saturated rings. The third-order valence-corrected chi connectivity index (χ3v) is 2.67. The number of hydrogen-bond donors (Lipinski definition) is 1. The second kappa shape index (κ2) is 20.8. The molecule has 0 heterocycles. The average Bonchev–Trinajstić information content (AvgIpc) is 2.43. The smallest absolute Gasteiger partial charge is 0.0653 e. The lowest BCUT2D eigenvalue weighted by Gasteiger charge is -2.23. The van der Waals surface area contributed by atoms with E-state index in [9.17, 15) is 0 Å². The van der Waals surface area contributed by atoms with Crippen LogP contribution in [0, 0.1) is 5.92 Å². The molecule has 0 aromatic rings. The maximum atomic E-state index is 5.68. The number of allylic oxidation sites excluding steroid dienone is 2. The SMILES string of the molecule is C/C=C(\C)N(CN)CCCCCCC.CC.CC(C)C. The van der Waals surface area contributed by atoms with E-state index in [-0.39, 0.29) is 0 Å². The molecule has 0 radical (unpaired) electrons. The quantitative estimate of drug-likeness (QED) is 0.452. The first-order valence-electron chi connectivity index (χ1n) is 8.57. The van der Waals surface area contributed by atoms with Crippen LogP contribution in [-0.2, 0) is 0 Å². The Balaban J connectivity index is -0.000000410. The van der Waals surface area contributed by atoms with E-state index in [1.54, 1.807) is 0 Å². The summed E-state index contributed by atoms with van der Waals surface area (Å²) in [6, 6.07) is 0. The fraction of sp³-hybridized carbons (Fsp3) is 0.889. The molecule has 0 bridgehead atoms. The van der Waals surface area contributed by atoms with Crippen molar-refractivity contribution in [2.75, 3.05) is 13.2 Å². The third kappa shape index (κ3) is 22.7. The monoisotopic (exact) mass is 286 g/mol. The van der Waals surface area contributed by atoms with E-state index in [4.69, 9.17) is 5.73 Å². The Morgan fingerprint density at radius 2 is 1.50 bits per heavy atom. The van der Waals surface area contributed by atoms with Gasteiger partial charge < -0.3 is 10.6 Å². The molecule has 20 heavy (non-hydrogen) atoms. The zero-order chi connectivity index (χ0) is 16.4. The zero-order valence-corrected chi connectivity index (χ0v) is 15.6. The first-order chi connectivity index (χ1) is 9.49. The molecule has 0 aliphatic rings. The minimum Gasteiger partial charge on any atom is -0.363 e. The van der Waals surface area contributed by atoms with Crippen LogP contribution in [0.1, 0.15) is 87.5 Å². The van der Waals surface area contributed by atoms with Gasteiger partial charge in [0.05, 0.1) is 6.67 Å². The van der Waals surface area contributed by atoms with Crippen LogP contribution >= 0.6 is 0 Å². The van der Waals surface area contributed by atoms with Crippen molar-refractivity contribution in [3.05, 3.63) is 11.8 Å². The molecule has 0 rings (SSSR count). The Kier molecular flexibility index (Phi) is 25.5. The summed E-state index contributed by atoms with van der Waals surface area (Å²) in [6.45, 7) is 18.7. The maximum absolute atomic E-state index is 5.68. The van der Waals surface area contributed by atoms with Crippen LogP contribution in [0.15, 0.2) is 11.8 Å². The summed E-state index contributed by atoms with van der Waals surface area (Å²) in [7, 11) is 0. The minimum atomic E-state index is 0.643. The van der Waals surface area contributed by atoms with E-state index in [1.165, 1.54) is 37.8 Å². The number of rotatable bonds is 8. The normalized spacial score (nSPS) is 10.4. The second-order valence-electron chi connectivity index (χ2n) is 5.52. The Labute approximate surface area is 129 Å². The summed E-state index contributed by atoms with van der Waals surface area (Å²) in [4.78, 5) is 2.24. The summed E-state index contributed by atoms with van der Waals surface area (Å²) in [5, 5.41) is 0. The largest absolute Gasteiger partial charge is 0.363 e. The van der Waals surface area contributed by atoms with Crippen LogP contribution < -0.4 is 5.73 Å². The molecular formula is C18H42N2. The number of nitrogens with two attached hydrogens (primary N) is 1. The summed E-state index contributed by atoms with van der Waals surface area (Å²) < 4.78 is 0. The van der Waals surface area contributed by atoms with Crippen molar-refractivity contribution < 1.29 is 0 Å². The molecule has 2 heteroatoms. The van der Waals surface area contributed by atoms with Gasteiger partial charge in [-0.2, -0.15) is 0 Å². The number of unbranched alkanes of at least 4 members (excludes halogenated alkanes) is 4. The lowest BCUT2D eigenvalue weighted by atomic mass is 10.1. The van der Waals surface area contributed by atoms with Crippen molar-refractivity contribution in [1.82, 2.24) is 4.90 Å². The number of nitrogens with zero attached hydrogens (tertiary/aromatic N) is 1. The van der Waals surface area contributed by atoms with E-state index in [0.717, 1.165) is 12.5 Å². The standard InChI is InChI=1S/C12H26N2.C4H10.C2H6/c1-4-6-7-8-9-10-14(11-13)12(3)5-2;1-4(2)3;1-2/h5H,4,6-11,13H2,1-3H3;4H,1-3H3;1-2H3/b12-5+;;. The first kappa shape index (κ1) is 24.5. The highest BCUT2D eigenvalue weighted by Crippen LogP contribution is 2.07. The first-order valence-corrected chi connectivity index (χ1v) is 8.57. The molecular weight excluding hydrogens is 244 g/mol. The van der Waals surface area contributed by atoms with Gasteiger partial charge in [0.15, 0.2) is 0 Å². The Morgan fingerprint density at radius 1 is 1.05 bits per heavy atom. The van der Waals surface area contributed by atoms with E-state index >= 15 is 0 Å². The molecule has 124 valence electrons. The molecule has 0 aromatic carbocycles. The van der Waals surface area contributed by atoms with E-state index in [2.05, 4.69) is 52.5 Å². The van der Waals surface area contributed by atoms with Crippen molar-refractivity contribution in [3.8, 4) is 0 Å². The molecule has 0 spiro atoms. The Morgan fingerprint density at radius 3 is 1.85 bits per heavy atom. The molecule has 0 atom stereocenters. The van der Waals surface area contributed by atoms with Crippen molar-refractivity contribution >= 4 is 0 Å². The minimum absolute atomic E-state index is 0.643. The molecule has 0 unspecified atom stereocenters. The molecule has 0 saturated carbocycles. The summed E-state index contributed by atoms with van der Waals surface area (Å²) in [5.41, 5.74) is 6.97. The predicted molar refractivity (Wildman–Crippen MR) is 95.8 cm³/mol. The Bertz CT molecular complexity index is 183. The van der Waals surface area contributed by atoms with Gasteiger partial charge in [-0.3, -0.25) is 0 Å². The van der Waals surface area contributed by atoms with E-state index < -0.39 is 0 Å². The predicted octanol–water partition coefficient (Wildman–Crippen LogP) is 5.79. The van der Waals surface area contributed by atoms with Crippen LogP contribution in [0.3, 0.4) is 0 Å². The van der Waals surface area contributed by atoms with E-state index in [0.29, 0.717) is 6.67 Å². The maximum Gasteiger partial charge on any atom is 0.0653 e. The van der Waals surface area contributed by atoms with Gasteiger partial charge >= 0.3 is 0 Å². The van der Waals surface area contributed by atoms with Crippen molar-refractivity contribution in [2.24, 2.45) is 11.7 Å². The molecule has 0 amide bonds. The summed E-state index contributed by atoms with van der Waals surface area (Å²) in [6.07, 6.45) is 8.77. The van der Waals surface area contributed by atoms with Crippen LogP contribution in [0.2, 0.25) is 0 Å². The highest BCUT2D eigenvalue weighted by atomic mass is 15.2. The fourth-order valence-electron chi connectivity index (χ4n) is 1.50. The highest BCUT2D eigenvalue weighted by Gasteiger charge is 2.00. The second-order valence-corrected chi connectivity index (χ2v) is 5.52. The van der Waals surface area contributed by atoms with Crippen molar-refractivity contribution in [1.29, 1.82) is 0 Å². The zero-order valence-electron chi connectivity index (χ0n) is 15.6. The topological polar surface area (TPSA) is 29.3 Å². The summed E-state index contributed by atoms with van der Waals surface area (Å²) >= 11 is 0. The van der Waals surface area contributed by atoms with Gasteiger partial charge in [0.2, 0.25) is 0 Å². The van der Waals surface area contributed by atoms with Gasteiger partial charge in [-0.15, -0.1) is 0 Å². The molecule has 0 aliphatic carbocycles. The summed E-state index contributed by atoms with van der Waals surface area (Å²) in [5.74, 6) is 0.833. The highest BCUT2D eigenvalue weighted by molar-refractivity contribution is 4.94. The molecule has 0 aliphatic heterocycles. The lowest BCUT2D eigenvalue weighted by Crippen LogP contribution is -2.29. The molecule has 0 saturated heterocycles. The van der Waals surface area contributed by atoms with Crippen molar-refractivity contribution in [3.63, 3.8) is 0 Å². The lowest BCUT2D eigenvalue weighted by molar-refractivity contribution is 0.342. The van der Waals surface area contributed by atoms with Gasteiger partial charge in [-0.25, -0.2) is 0 Å². The molecule has 2 N–H and O–H groups in total. The molecule has 2 nitrogen and oxygen atoms in total. The van der Waals surface area contributed by atoms with Crippen molar-refractivity contribution in [2.45, 2.75) is 87.5 Å². The Hall–Kier alpha value is -0.500. The fourth-order valence-corrected chi connectivity index (χ4v) is 1.50. The van der Waals surface area contributed by atoms with Gasteiger partial charge in [0.25, 0.3) is 0 Å². The average molecular weight is 287 g/mol. The number of hydrogen-bond acceptors (Lipinski definition) is 2. The van der Waals surface area contributed by atoms with Crippen LogP contribution in [-0.4, -0.2) is 18.1 Å². The van der Waals surface area contributed by atoms with Gasteiger partial charge in [0, 0.05) is 12.2 Å². The van der Waals surface area contributed by atoms with Crippen LogP contribution in [0.4, 0.5) is 0 Å². The van der Waals surface area contributed by atoms with Crippen LogP contribution in [0.5, 0.6) is 0 Å². The van der Waals surface area contributed by atoms with Gasteiger partial charge in [-0.1, -0.05) is 73.3 Å². The van der Waals surface area contributed by atoms with Gasteiger partial charge in [-0.05, 0) is 26.2 Å². The third-order valence-electron chi connectivity index (χ3n) is 2.67. The van der Waals surface area contributed by atoms with E-state index in [1.807, 2.05) is 13.8 Å². The molecule has 0 aromatic heterocycles. The van der Waals surface area contributed by atoms with Gasteiger partial charge in [0.1, 0.15) is 0 Å².